The molecule has 3 aliphatic carbocycles. The Bertz CT molecular complexity index is 876. The number of hydrogen-bond acceptors (Lipinski definition) is 6. The molecule has 0 amide bonds. The minimum absolute atomic E-state index is 0.139. The van der Waals surface area contributed by atoms with Gasteiger partial charge in [0.25, 0.3) is 0 Å². The van der Waals surface area contributed by atoms with Gasteiger partial charge in [-0.05, 0) is 105 Å². The van der Waals surface area contributed by atoms with Crippen LogP contribution >= 0.6 is 0 Å². The van der Waals surface area contributed by atoms with E-state index in [0.717, 1.165) is 62.7 Å². The molecule has 0 saturated heterocycles. The first-order chi connectivity index (χ1) is 16.8. The highest BCUT2D eigenvalue weighted by Crippen LogP contribution is 2.48. The molecule has 7 nitrogen and oxygen atoms in total. The van der Waals surface area contributed by atoms with Crippen LogP contribution in [0.5, 0.6) is 5.75 Å². The van der Waals surface area contributed by atoms with Crippen LogP contribution in [0.1, 0.15) is 75.8 Å². The molecule has 5 atom stereocenters. The van der Waals surface area contributed by atoms with E-state index in [0.29, 0.717) is 24.7 Å². The quantitative estimate of drug-likeness (QED) is 0.428. The first-order valence-electron chi connectivity index (χ1n) is 13.3. The molecule has 1 aromatic rings. The van der Waals surface area contributed by atoms with Gasteiger partial charge in [-0.2, -0.15) is 0 Å². The Morgan fingerprint density at radius 1 is 1.14 bits per heavy atom. The Morgan fingerprint density at radius 3 is 2.63 bits per heavy atom. The fraction of sp³-hybridized carbons (Fsp3) is 0.714. The summed E-state index contributed by atoms with van der Waals surface area (Å²) in [6.07, 6.45) is 7.18. The number of esters is 1. The lowest BCUT2D eigenvalue weighted by Gasteiger charge is -2.32. The zero-order valence-electron chi connectivity index (χ0n) is 20.7. The number of carboxylic acids is 1. The van der Waals surface area contributed by atoms with E-state index in [1.807, 2.05) is 19.1 Å². The van der Waals surface area contributed by atoms with E-state index in [1.165, 1.54) is 5.56 Å². The summed E-state index contributed by atoms with van der Waals surface area (Å²) < 4.78 is 11.5. The molecule has 4 rings (SSSR count). The lowest BCUT2D eigenvalue weighted by Crippen LogP contribution is -2.29. The number of aliphatic carboxylic acids is 1. The van der Waals surface area contributed by atoms with Crippen molar-refractivity contribution in [3.05, 3.63) is 29.3 Å². The molecule has 194 valence electrons. The molecular formula is C28H40O7. The van der Waals surface area contributed by atoms with Crippen LogP contribution in [0.25, 0.3) is 0 Å². The van der Waals surface area contributed by atoms with Crippen molar-refractivity contribution in [2.45, 2.75) is 95.9 Å². The van der Waals surface area contributed by atoms with E-state index in [1.54, 1.807) is 0 Å². The van der Waals surface area contributed by atoms with E-state index < -0.39 is 5.97 Å². The standard InChI is InChI=1S/C28H40O7/c1-2-20(29)8-11-22-23-13-18-4-3-5-26(24(18)14-19(23)15-25(22)30)34-16-28(33)35-21-9-6-17(7-10-21)12-27(31)32/h3-5,17,19-23,25,29-30H,2,6-16H2,1H3,(H,31,32)/t17?,19-,20-,21?,22+,23-,25+/m0/s1. The van der Waals surface area contributed by atoms with Gasteiger partial charge in [0, 0.05) is 6.42 Å². The predicted octanol–water partition coefficient (Wildman–Crippen LogP) is 3.91. The largest absolute Gasteiger partial charge is 0.482 e. The van der Waals surface area contributed by atoms with Gasteiger partial charge in [0.2, 0.25) is 0 Å². The molecule has 7 heteroatoms. The van der Waals surface area contributed by atoms with E-state index in [4.69, 9.17) is 14.6 Å². The van der Waals surface area contributed by atoms with Crippen molar-refractivity contribution in [3.8, 4) is 5.75 Å². The van der Waals surface area contributed by atoms with Crippen LogP contribution in [-0.4, -0.2) is 52.2 Å². The first-order valence-corrected chi connectivity index (χ1v) is 13.3. The van der Waals surface area contributed by atoms with Gasteiger partial charge in [-0.3, -0.25) is 4.79 Å². The Labute approximate surface area is 207 Å². The van der Waals surface area contributed by atoms with Gasteiger partial charge in [-0.15, -0.1) is 0 Å². The number of aliphatic hydroxyl groups is 2. The Kier molecular flexibility index (Phi) is 8.71. The molecule has 0 aliphatic heterocycles. The molecule has 0 aromatic heterocycles. The molecule has 3 N–H and O–H groups in total. The number of carbonyl (C=O) groups is 2. The summed E-state index contributed by atoms with van der Waals surface area (Å²) in [6, 6.07) is 5.99. The summed E-state index contributed by atoms with van der Waals surface area (Å²) in [7, 11) is 0. The third kappa shape index (κ3) is 6.56. The maximum Gasteiger partial charge on any atom is 0.344 e. The van der Waals surface area contributed by atoms with Gasteiger partial charge in [0.05, 0.1) is 12.2 Å². The molecular weight excluding hydrogens is 448 g/mol. The van der Waals surface area contributed by atoms with Crippen LogP contribution in [0.4, 0.5) is 0 Å². The van der Waals surface area contributed by atoms with Gasteiger partial charge < -0.3 is 24.8 Å². The Balaban J connectivity index is 1.30. The number of fused-ring (bicyclic) bond motifs is 2. The summed E-state index contributed by atoms with van der Waals surface area (Å²) in [5.41, 5.74) is 2.36. The number of ether oxygens (including phenoxy) is 2. The predicted molar refractivity (Wildman–Crippen MR) is 130 cm³/mol. The van der Waals surface area contributed by atoms with Crippen LogP contribution in [0.15, 0.2) is 18.2 Å². The highest BCUT2D eigenvalue weighted by Gasteiger charge is 2.44. The summed E-state index contributed by atoms with van der Waals surface area (Å²) in [5.74, 6) is 0.765. The molecule has 0 spiro atoms. The van der Waals surface area contributed by atoms with Crippen molar-refractivity contribution in [1.29, 1.82) is 0 Å². The van der Waals surface area contributed by atoms with Crippen LogP contribution in [0.3, 0.4) is 0 Å². The van der Waals surface area contributed by atoms with E-state index >= 15 is 0 Å². The summed E-state index contributed by atoms with van der Waals surface area (Å²) in [5, 5.41) is 29.7. The second kappa shape index (κ2) is 11.7. The molecule has 35 heavy (non-hydrogen) atoms. The lowest BCUT2D eigenvalue weighted by atomic mass is 9.73. The van der Waals surface area contributed by atoms with Crippen molar-refractivity contribution in [2.75, 3.05) is 6.61 Å². The normalized spacial score (nSPS) is 30.7. The summed E-state index contributed by atoms with van der Waals surface area (Å²) in [4.78, 5) is 23.3. The van der Waals surface area contributed by atoms with Crippen LogP contribution < -0.4 is 4.74 Å². The molecule has 3 aliphatic rings. The number of carbonyl (C=O) groups excluding carboxylic acids is 1. The Hall–Kier alpha value is -2.12. The zero-order chi connectivity index (χ0) is 24.9. The van der Waals surface area contributed by atoms with Crippen molar-refractivity contribution in [3.63, 3.8) is 0 Å². The van der Waals surface area contributed by atoms with E-state index in [-0.39, 0.29) is 49.1 Å². The third-order valence-electron chi connectivity index (χ3n) is 8.55. The number of aliphatic hydroxyl groups excluding tert-OH is 2. The van der Waals surface area contributed by atoms with Gasteiger partial charge in [-0.25, -0.2) is 4.79 Å². The van der Waals surface area contributed by atoms with E-state index in [2.05, 4.69) is 6.07 Å². The average Bonchev–Trinajstić information content (AvgIpc) is 3.14. The monoisotopic (exact) mass is 488 g/mol. The zero-order valence-corrected chi connectivity index (χ0v) is 20.7. The number of hydrogen-bond donors (Lipinski definition) is 3. The third-order valence-corrected chi connectivity index (χ3v) is 8.55. The highest BCUT2D eigenvalue weighted by molar-refractivity contribution is 5.71. The van der Waals surface area contributed by atoms with Crippen molar-refractivity contribution < 1.29 is 34.4 Å². The van der Waals surface area contributed by atoms with E-state index in [9.17, 15) is 19.8 Å². The van der Waals surface area contributed by atoms with Gasteiger partial charge in [0.1, 0.15) is 11.9 Å². The molecule has 2 saturated carbocycles. The van der Waals surface area contributed by atoms with Crippen LogP contribution in [0, 0.1) is 23.7 Å². The van der Waals surface area contributed by atoms with Gasteiger partial charge >= 0.3 is 11.9 Å². The van der Waals surface area contributed by atoms with Gasteiger partial charge in [0.15, 0.2) is 6.61 Å². The summed E-state index contributed by atoms with van der Waals surface area (Å²) in [6.45, 7) is 1.85. The first kappa shape index (κ1) is 26.0. The minimum Gasteiger partial charge on any atom is -0.482 e. The van der Waals surface area contributed by atoms with Crippen molar-refractivity contribution >= 4 is 11.9 Å². The fourth-order valence-electron chi connectivity index (χ4n) is 6.59. The second-order valence-corrected chi connectivity index (χ2v) is 10.9. The maximum absolute atomic E-state index is 12.4. The minimum atomic E-state index is -0.769. The maximum atomic E-state index is 12.4. The molecule has 0 unspecified atom stereocenters. The highest BCUT2D eigenvalue weighted by atomic mass is 16.6. The van der Waals surface area contributed by atoms with Gasteiger partial charge in [-0.1, -0.05) is 19.1 Å². The number of carboxylic acid groups (broad SMARTS) is 1. The second-order valence-electron chi connectivity index (χ2n) is 10.9. The molecule has 1 aromatic carbocycles. The lowest BCUT2D eigenvalue weighted by molar-refractivity contribution is -0.154. The smallest absolute Gasteiger partial charge is 0.344 e. The SMILES string of the molecule is CC[C@H](O)CC[C@@H]1[C@H]2Cc3cccc(OCC(=O)OC4CCC(CC(=O)O)CC4)c3C[C@H]2C[C@H]1O. The fourth-order valence-corrected chi connectivity index (χ4v) is 6.59. The number of benzene rings is 1. The summed E-state index contributed by atoms with van der Waals surface area (Å²) >= 11 is 0. The molecule has 0 bridgehead atoms. The Morgan fingerprint density at radius 2 is 1.91 bits per heavy atom. The molecule has 0 radical (unpaired) electrons. The van der Waals surface area contributed by atoms with Crippen LogP contribution in [0.2, 0.25) is 0 Å². The van der Waals surface area contributed by atoms with Crippen molar-refractivity contribution in [2.24, 2.45) is 23.7 Å². The number of rotatable bonds is 10. The average molecular weight is 489 g/mol. The topological polar surface area (TPSA) is 113 Å². The van der Waals surface area contributed by atoms with Crippen molar-refractivity contribution in [1.82, 2.24) is 0 Å². The molecule has 2 fully saturated rings. The van der Waals surface area contributed by atoms with Crippen LogP contribution in [-0.2, 0) is 27.2 Å². The molecule has 0 heterocycles.